The highest BCUT2D eigenvalue weighted by Crippen LogP contribution is 2.09. The fourth-order valence-corrected chi connectivity index (χ4v) is 2.36. The Morgan fingerprint density at radius 2 is 1.76 bits per heavy atom. The Morgan fingerprint density at radius 1 is 1.14 bits per heavy atom. The van der Waals surface area contributed by atoms with Gasteiger partial charge in [-0.3, -0.25) is 9.69 Å². The van der Waals surface area contributed by atoms with E-state index in [0.717, 1.165) is 5.56 Å². The van der Waals surface area contributed by atoms with Gasteiger partial charge in [-0.25, -0.2) is 4.79 Å². The van der Waals surface area contributed by atoms with Gasteiger partial charge in [0, 0.05) is 26.2 Å². The molecule has 1 saturated heterocycles. The number of ketones is 1. The molecule has 5 heteroatoms. The first-order valence-corrected chi connectivity index (χ1v) is 7.28. The average molecular weight is 290 g/mol. The van der Waals surface area contributed by atoms with Gasteiger partial charge in [0.15, 0.2) is 0 Å². The highest BCUT2D eigenvalue weighted by molar-refractivity contribution is 5.81. The Bertz CT molecular complexity index is 482. The molecule has 1 fully saturated rings. The van der Waals surface area contributed by atoms with Crippen molar-refractivity contribution in [3.63, 3.8) is 0 Å². The van der Waals surface area contributed by atoms with Crippen molar-refractivity contribution in [1.29, 1.82) is 0 Å². The summed E-state index contributed by atoms with van der Waals surface area (Å²) in [5, 5.41) is 0. The van der Waals surface area contributed by atoms with Gasteiger partial charge in [0.25, 0.3) is 0 Å². The third kappa shape index (κ3) is 4.29. The first kappa shape index (κ1) is 15.5. The molecule has 1 aromatic carbocycles. The lowest BCUT2D eigenvalue weighted by Crippen LogP contribution is -2.52. The summed E-state index contributed by atoms with van der Waals surface area (Å²) < 4.78 is 5.31. The van der Waals surface area contributed by atoms with Crippen LogP contribution in [0.2, 0.25) is 0 Å². The highest BCUT2D eigenvalue weighted by atomic mass is 16.6. The predicted octanol–water partition coefficient (Wildman–Crippen LogP) is 1.92. The van der Waals surface area contributed by atoms with Crippen LogP contribution in [0.1, 0.15) is 19.4 Å². The largest absolute Gasteiger partial charge is 0.445 e. The smallest absolute Gasteiger partial charge is 0.410 e. The van der Waals surface area contributed by atoms with Gasteiger partial charge in [-0.2, -0.15) is 0 Å². The maximum absolute atomic E-state index is 12.0. The molecule has 0 aromatic heterocycles. The number of rotatable bonds is 4. The minimum absolute atomic E-state index is 0.0764. The first-order valence-electron chi connectivity index (χ1n) is 7.28. The van der Waals surface area contributed by atoms with E-state index in [1.54, 1.807) is 11.8 Å². The fourth-order valence-electron chi connectivity index (χ4n) is 2.36. The molecule has 1 unspecified atom stereocenters. The maximum atomic E-state index is 12.0. The van der Waals surface area contributed by atoms with Gasteiger partial charge in [0.2, 0.25) is 0 Å². The standard InChI is InChI=1S/C16H22N2O3/c1-13(14(2)19)17-8-10-18(11-9-17)16(20)21-12-15-6-4-3-5-7-15/h3-7,13H,8-12H2,1-2H3. The van der Waals surface area contributed by atoms with Gasteiger partial charge in [-0.15, -0.1) is 0 Å². The summed E-state index contributed by atoms with van der Waals surface area (Å²) in [6.07, 6.45) is -0.283. The molecule has 1 amide bonds. The molecular weight excluding hydrogens is 268 g/mol. The molecule has 1 aliphatic rings. The Hall–Kier alpha value is -1.88. The molecule has 1 aromatic rings. The molecule has 0 radical (unpaired) electrons. The number of nitrogens with zero attached hydrogens (tertiary/aromatic N) is 2. The number of carbonyl (C=O) groups is 2. The summed E-state index contributed by atoms with van der Waals surface area (Å²) in [6, 6.07) is 9.56. The monoisotopic (exact) mass is 290 g/mol. The van der Waals surface area contributed by atoms with Crippen molar-refractivity contribution in [2.45, 2.75) is 26.5 Å². The number of hydrogen-bond acceptors (Lipinski definition) is 4. The minimum atomic E-state index is -0.283. The molecule has 0 saturated carbocycles. The van der Waals surface area contributed by atoms with Crippen LogP contribution in [0.15, 0.2) is 30.3 Å². The van der Waals surface area contributed by atoms with Gasteiger partial charge in [0.05, 0.1) is 6.04 Å². The van der Waals surface area contributed by atoms with Crippen LogP contribution in [0, 0.1) is 0 Å². The van der Waals surface area contributed by atoms with Crippen molar-refractivity contribution < 1.29 is 14.3 Å². The molecule has 114 valence electrons. The summed E-state index contributed by atoms with van der Waals surface area (Å²) in [6.45, 7) is 6.43. The van der Waals surface area contributed by atoms with Crippen molar-refractivity contribution in [3.05, 3.63) is 35.9 Å². The first-order chi connectivity index (χ1) is 10.1. The molecule has 2 rings (SSSR count). The zero-order valence-corrected chi connectivity index (χ0v) is 12.6. The fraction of sp³-hybridized carbons (Fsp3) is 0.500. The van der Waals surface area contributed by atoms with Gasteiger partial charge in [0.1, 0.15) is 12.4 Å². The molecule has 5 nitrogen and oxygen atoms in total. The third-order valence-electron chi connectivity index (χ3n) is 3.91. The summed E-state index contributed by atoms with van der Waals surface area (Å²) >= 11 is 0. The van der Waals surface area contributed by atoms with Crippen LogP contribution < -0.4 is 0 Å². The van der Waals surface area contributed by atoms with E-state index >= 15 is 0 Å². The van der Waals surface area contributed by atoms with Gasteiger partial charge in [-0.1, -0.05) is 30.3 Å². The van der Waals surface area contributed by atoms with Gasteiger partial charge in [-0.05, 0) is 19.4 Å². The number of benzene rings is 1. The quantitative estimate of drug-likeness (QED) is 0.850. The molecular formula is C16H22N2O3. The van der Waals surface area contributed by atoms with E-state index < -0.39 is 0 Å². The van der Waals surface area contributed by atoms with Crippen molar-refractivity contribution in [1.82, 2.24) is 9.80 Å². The van der Waals surface area contributed by atoms with E-state index in [9.17, 15) is 9.59 Å². The summed E-state index contributed by atoms with van der Waals surface area (Å²) in [5.41, 5.74) is 0.981. The minimum Gasteiger partial charge on any atom is -0.445 e. The van der Waals surface area contributed by atoms with Crippen molar-refractivity contribution in [3.8, 4) is 0 Å². The second kappa shape index (κ2) is 7.22. The molecule has 0 bridgehead atoms. The molecule has 0 N–H and O–H groups in total. The summed E-state index contributed by atoms with van der Waals surface area (Å²) in [4.78, 5) is 27.2. The second-order valence-corrected chi connectivity index (χ2v) is 5.35. The van der Waals surface area contributed by atoms with E-state index in [1.165, 1.54) is 0 Å². The molecule has 0 spiro atoms. The average Bonchev–Trinajstić information content (AvgIpc) is 2.53. The summed E-state index contributed by atoms with van der Waals surface area (Å²) in [5.74, 6) is 0.162. The number of ether oxygens (including phenoxy) is 1. The maximum Gasteiger partial charge on any atom is 0.410 e. The van der Waals surface area contributed by atoms with E-state index in [-0.39, 0.29) is 17.9 Å². The van der Waals surface area contributed by atoms with Crippen LogP contribution in [0.4, 0.5) is 4.79 Å². The number of piperazine rings is 1. The topological polar surface area (TPSA) is 49.9 Å². The lowest BCUT2D eigenvalue weighted by Gasteiger charge is -2.36. The van der Waals surface area contributed by atoms with Crippen molar-refractivity contribution in [2.75, 3.05) is 26.2 Å². The van der Waals surface area contributed by atoms with E-state index in [1.807, 2.05) is 37.3 Å². The van der Waals surface area contributed by atoms with Gasteiger partial charge < -0.3 is 9.64 Å². The zero-order chi connectivity index (χ0) is 15.2. The molecule has 0 aliphatic carbocycles. The van der Waals surface area contributed by atoms with Crippen molar-refractivity contribution in [2.24, 2.45) is 0 Å². The number of Topliss-reactive ketones (excluding diaryl/α,β-unsaturated/α-hetero) is 1. The number of amides is 1. The third-order valence-corrected chi connectivity index (χ3v) is 3.91. The Balaban J connectivity index is 1.77. The lowest BCUT2D eigenvalue weighted by molar-refractivity contribution is -0.122. The van der Waals surface area contributed by atoms with Gasteiger partial charge >= 0.3 is 6.09 Å². The van der Waals surface area contributed by atoms with E-state index in [0.29, 0.717) is 32.8 Å². The van der Waals surface area contributed by atoms with Crippen LogP contribution in [0.5, 0.6) is 0 Å². The van der Waals surface area contributed by atoms with Crippen LogP contribution >= 0.6 is 0 Å². The predicted molar refractivity (Wildman–Crippen MR) is 79.9 cm³/mol. The molecule has 1 heterocycles. The second-order valence-electron chi connectivity index (χ2n) is 5.35. The van der Waals surface area contributed by atoms with Crippen LogP contribution in [0.3, 0.4) is 0 Å². The Morgan fingerprint density at radius 3 is 2.33 bits per heavy atom. The molecule has 1 atom stereocenters. The highest BCUT2D eigenvalue weighted by Gasteiger charge is 2.26. The van der Waals surface area contributed by atoms with E-state index in [2.05, 4.69) is 4.90 Å². The number of carbonyl (C=O) groups excluding carboxylic acids is 2. The molecule has 21 heavy (non-hydrogen) atoms. The SMILES string of the molecule is CC(=O)C(C)N1CCN(C(=O)OCc2ccccc2)CC1. The summed E-state index contributed by atoms with van der Waals surface area (Å²) in [7, 11) is 0. The van der Waals surface area contributed by atoms with Crippen LogP contribution in [-0.4, -0.2) is 53.9 Å². The number of hydrogen-bond donors (Lipinski definition) is 0. The van der Waals surface area contributed by atoms with Crippen molar-refractivity contribution >= 4 is 11.9 Å². The lowest BCUT2D eigenvalue weighted by atomic mass is 10.2. The Labute approximate surface area is 125 Å². The van der Waals surface area contributed by atoms with E-state index in [4.69, 9.17) is 4.74 Å². The molecule has 1 aliphatic heterocycles. The van der Waals surface area contributed by atoms with Crippen LogP contribution in [-0.2, 0) is 16.1 Å². The van der Waals surface area contributed by atoms with Crippen LogP contribution in [0.25, 0.3) is 0 Å². The zero-order valence-electron chi connectivity index (χ0n) is 12.6. The Kier molecular flexibility index (Phi) is 5.33. The normalized spacial score (nSPS) is 17.3.